The third-order valence-electron chi connectivity index (χ3n) is 4.42. The number of hydrogen-bond acceptors (Lipinski definition) is 3. The fraction of sp³-hybridized carbons (Fsp3) is 0.130. The van der Waals surface area contributed by atoms with Crippen LogP contribution in [0.15, 0.2) is 72.8 Å². The van der Waals surface area contributed by atoms with Gasteiger partial charge in [0.1, 0.15) is 0 Å². The lowest BCUT2D eigenvalue weighted by molar-refractivity contribution is 0.0601. The third kappa shape index (κ3) is 5.34. The number of rotatable bonds is 5. The maximum Gasteiger partial charge on any atom is 0.337 e. The first-order valence-corrected chi connectivity index (χ1v) is 9.83. The van der Waals surface area contributed by atoms with Crippen molar-refractivity contribution in [3.8, 4) is 0 Å². The molecule has 0 saturated carbocycles. The van der Waals surface area contributed by atoms with Crippen LogP contribution < -0.4 is 10.6 Å². The van der Waals surface area contributed by atoms with Crippen LogP contribution in [0.25, 0.3) is 0 Å². The van der Waals surface area contributed by atoms with Crippen LogP contribution in [-0.4, -0.2) is 18.2 Å². The Morgan fingerprint density at radius 3 is 2.41 bits per heavy atom. The second-order valence-corrected chi connectivity index (χ2v) is 7.36. The van der Waals surface area contributed by atoms with Crippen LogP contribution in [0.4, 0.5) is 5.69 Å². The van der Waals surface area contributed by atoms with Crippen molar-refractivity contribution >= 4 is 40.6 Å². The highest BCUT2D eigenvalue weighted by Crippen LogP contribution is 2.26. The van der Waals surface area contributed by atoms with Crippen LogP contribution in [0.1, 0.15) is 33.1 Å². The number of anilines is 1. The van der Waals surface area contributed by atoms with Crippen molar-refractivity contribution in [3.63, 3.8) is 0 Å². The predicted octanol–water partition coefficient (Wildman–Crippen LogP) is 5.51. The minimum atomic E-state index is -0.439. The molecule has 0 aliphatic rings. The molecule has 0 fully saturated rings. The van der Waals surface area contributed by atoms with Crippen molar-refractivity contribution in [1.29, 1.82) is 0 Å². The molecule has 0 spiro atoms. The first-order chi connectivity index (χ1) is 14.0. The number of thiocarbonyl (C=S) groups is 1. The fourth-order valence-electron chi connectivity index (χ4n) is 3.01. The fourth-order valence-corrected chi connectivity index (χ4v) is 3.40. The van der Waals surface area contributed by atoms with E-state index >= 15 is 0 Å². The molecule has 0 radical (unpaired) electrons. The summed E-state index contributed by atoms with van der Waals surface area (Å²) >= 11 is 11.8. The Bertz CT molecular complexity index is 1020. The number of methoxy groups -OCH3 is 1. The van der Waals surface area contributed by atoms with Gasteiger partial charge in [-0.05, 0) is 48.5 Å². The molecule has 0 bridgehead atoms. The number of carbonyl (C=O) groups excluding carboxylic acids is 1. The highest BCUT2D eigenvalue weighted by atomic mass is 35.5. The van der Waals surface area contributed by atoms with Gasteiger partial charge in [0.15, 0.2) is 5.11 Å². The van der Waals surface area contributed by atoms with Gasteiger partial charge in [-0.3, -0.25) is 0 Å². The largest absolute Gasteiger partial charge is 0.465 e. The minimum absolute atomic E-state index is 0.140. The van der Waals surface area contributed by atoms with E-state index in [1.165, 1.54) is 7.11 Å². The number of benzene rings is 3. The van der Waals surface area contributed by atoms with E-state index in [1.807, 2.05) is 36.4 Å². The standard InChI is InChI=1S/C23H21ClN2O2S/c1-15-7-6-10-17(13-15)21(16-8-4-3-5-9-16)26-23(29)25-20-14-18(22(27)28-2)11-12-19(20)24/h3-14,21H,1-2H3,(H2,25,26,29). The summed E-state index contributed by atoms with van der Waals surface area (Å²) in [6, 6.07) is 23.0. The van der Waals surface area contributed by atoms with Gasteiger partial charge in [0, 0.05) is 0 Å². The Morgan fingerprint density at radius 1 is 1.00 bits per heavy atom. The quantitative estimate of drug-likeness (QED) is 0.417. The van der Waals surface area contributed by atoms with Gasteiger partial charge in [-0.15, -0.1) is 0 Å². The molecule has 2 N–H and O–H groups in total. The van der Waals surface area contributed by atoms with Gasteiger partial charge >= 0.3 is 5.97 Å². The van der Waals surface area contributed by atoms with E-state index in [0.29, 0.717) is 21.4 Å². The zero-order valence-corrected chi connectivity index (χ0v) is 17.7. The Hall–Kier alpha value is -2.89. The van der Waals surface area contributed by atoms with Crippen LogP contribution in [0.5, 0.6) is 0 Å². The van der Waals surface area contributed by atoms with Crippen LogP contribution in [-0.2, 0) is 4.74 Å². The zero-order chi connectivity index (χ0) is 20.8. The van der Waals surface area contributed by atoms with Crippen LogP contribution in [0.3, 0.4) is 0 Å². The number of halogens is 1. The Morgan fingerprint density at radius 2 is 1.72 bits per heavy atom. The third-order valence-corrected chi connectivity index (χ3v) is 4.97. The molecule has 0 aliphatic heterocycles. The van der Waals surface area contributed by atoms with Gasteiger partial charge in [-0.1, -0.05) is 71.8 Å². The van der Waals surface area contributed by atoms with Crippen molar-refractivity contribution in [2.75, 3.05) is 12.4 Å². The molecule has 6 heteroatoms. The topological polar surface area (TPSA) is 50.4 Å². The molecule has 3 rings (SSSR count). The van der Waals surface area contributed by atoms with Crippen molar-refractivity contribution in [1.82, 2.24) is 5.32 Å². The monoisotopic (exact) mass is 424 g/mol. The molecule has 148 valence electrons. The van der Waals surface area contributed by atoms with Gasteiger partial charge in [-0.2, -0.15) is 0 Å². The predicted molar refractivity (Wildman–Crippen MR) is 122 cm³/mol. The number of nitrogens with one attached hydrogen (secondary N) is 2. The first-order valence-electron chi connectivity index (χ1n) is 9.05. The van der Waals surface area contributed by atoms with E-state index in [1.54, 1.807) is 18.2 Å². The molecule has 0 amide bonds. The Labute approximate surface area is 180 Å². The van der Waals surface area contributed by atoms with Gasteiger partial charge in [-0.25, -0.2) is 4.79 Å². The van der Waals surface area contributed by atoms with Crippen molar-refractivity contribution < 1.29 is 9.53 Å². The number of ether oxygens (including phenoxy) is 1. The molecule has 3 aromatic rings. The average Bonchev–Trinajstić information content (AvgIpc) is 2.73. The summed E-state index contributed by atoms with van der Waals surface area (Å²) in [7, 11) is 1.34. The van der Waals surface area contributed by atoms with Gasteiger partial charge in [0.2, 0.25) is 0 Å². The van der Waals surface area contributed by atoms with E-state index in [-0.39, 0.29) is 6.04 Å². The van der Waals surface area contributed by atoms with Crippen molar-refractivity contribution in [2.24, 2.45) is 0 Å². The number of carbonyl (C=O) groups is 1. The molecule has 0 aromatic heterocycles. The summed E-state index contributed by atoms with van der Waals surface area (Å²) in [6.07, 6.45) is 0. The normalized spacial score (nSPS) is 11.4. The van der Waals surface area contributed by atoms with Crippen LogP contribution in [0.2, 0.25) is 5.02 Å². The van der Waals surface area contributed by atoms with E-state index < -0.39 is 5.97 Å². The molecule has 0 heterocycles. The second kappa shape index (κ2) is 9.54. The average molecular weight is 425 g/mol. The van der Waals surface area contributed by atoms with Crippen molar-refractivity contribution in [2.45, 2.75) is 13.0 Å². The molecule has 1 atom stereocenters. The SMILES string of the molecule is COC(=O)c1ccc(Cl)c(NC(=S)NC(c2ccccc2)c2cccc(C)c2)c1. The molecule has 4 nitrogen and oxygen atoms in total. The van der Waals surface area contributed by atoms with Gasteiger partial charge in [0.25, 0.3) is 0 Å². The summed E-state index contributed by atoms with van der Waals surface area (Å²) in [6.45, 7) is 2.06. The molecule has 3 aromatic carbocycles. The number of esters is 1. The van der Waals surface area contributed by atoms with Crippen molar-refractivity contribution in [3.05, 3.63) is 100 Å². The highest BCUT2D eigenvalue weighted by Gasteiger charge is 2.16. The summed E-state index contributed by atoms with van der Waals surface area (Å²) in [5, 5.41) is 7.30. The lowest BCUT2D eigenvalue weighted by Crippen LogP contribution is -2.33. The lowest BCUT2D eigenvalue weighted by atomic mass is 9.97. The molecular weight excluding hydrogens is 404 g/mol. The van der Waals surface area contributed by atoms with E-state index in [9.17, 15) is 4.79 Å². The highest BCUT2D eigenvalue weighted by molar-refractivity contribution is 7.80. The Kier molecular flexibility index (Phi) is 6.86. The maximum absolute atomic E-state index is 11.8. The van der Waals surface area contributed by atoms with Crippen LogP contribution >= 0.6 is 23.8 Å². The van der Waals surface area contributed by atoms with E-state index in [0.717, 1.165) is 16.7 Å². The number of aryl methyl sites for hydroxylation is 1. The summed E-state index contributed by atoms with van der Waals surface area (Å²) in [4.78, 5) is 11.8. The number of hydrogen-bond donors (Lipinski definition) is 2. The molecule has 1 unspecified atom stereocenters. The zero-order valence-electron chi connectivity index (χ0n) is 16.1. The summed E-state index contributed by atoms with van der Waals surface area (Å²) in [5.41, 5.74) is 4.26. The van der Waals surface area contributed by atoms with E-state index in [4.69, 9.17) is 28.6 Å². The Balaban J connectivity index is 1.85. The second-order valence-electron chi connectivity index (χ2n) is 6.54. The molecule has 0 saturated heterocycles. The minimum Gasteiger partial charge on any atom is -0.465 e. The van der Waals surface area contributed by atoms with Gasteiger partial charge < -0.3 is 15.4 Å². The smallest absolute Gasteiger partial charge is 0.337 e. The first kappa shape index (κ1) is 20.8. The summed E-state index contributed by atoms with van der Waals surface area (Å²) < 4.78 is 4.77. The van der Waals surface area contributed by atoms with Gasteiger partial charge in [0.05, 0.1) is 29.4 Å². The lowest BCUT2D eigenvalue weighted by Gasteiger charge is -2.23. The van der Waals surface area contributed by atoms with Crippen LogP contribution in [0, 0.1) is 6.92 Å². The summed E-state index contributed by atoms with van der Waals surface area (Å²) in [5.74, 6) is -0.439. The molecule has 29 heavy (non-hydrogen) atoms. The maximum atomic E-state index is 11.8. The molecule has 0 aliphatic carbocycles. The van der Waals surface area contributed by atoms with E-state index in [2.05, 4.69) is 35.8 Å². The molecular formula is C23H21ClN2O2S.